The van der Waals surface area contributed by atoms with E-state index in [-0.39, 0.29) is 12.1 Å². The molecule has 1 unspecified atom stereocenters. The molecule has 0 radical (unpaired) electrons. The molecule has 0 heterocycles. The number of amides is 1. The molecular formula is C15H28N2O3. The largest absolute Gasteiger partial charge is 0.444 e. The Morgan fingerprint density at radius 1 is 1.25 bits per heavy atom. The van der Waals surface area contributed by atoms with E-state index in [1.807, 2.05) is 20.8 Å². The molecule has 0 saturated heterocycles. The highest BCUT2D eigenvalue weighted by atomic mass is 16.6. The molecule has 2 saturated carbocycles. The van der Waals surface area contributed by atoms with Gasteiger partial charge in [0.15, 0.2) is 0 Å². The van der Waals surface area contributed by atoms with Gasteiger partial charge in [-0.15, -0.1) is 0 Å². The van der Waals surface area contributed by atoms with Crippen LogP contribution in [0.4, 0.5) is 4.79 Å². The van der Waals surface area contributed by atoms with Crippen molar-refractivity contribution in [2.75, 3.05) is 13.7 Å². The fourth-order valence-corrected chi connectivity index (χ4v) is 2.65. The van der Waals surface area contributed by atoms with Gasteiger partial charge in [-0.05, 0) is 52.4 Å². The molecule has 1 atom stereocenters. The molecule has 2 N–H and O–H groups in total. The van der Waals surface area contributed by atoms with E-state index in [0.717, 1.165) is 25.4 Å². The highest BCUT2D eigenvalue weighted by molar-refractivity contribution is 5.68. The summed E-state index contributed by atoms with van der Waals surface area (Å²) in [5.74, 6) is 0.785. The Morgan fingerprint density at radius 3 is 2.40 bits per heavy atom. The summed E-state index contributed by atoms with van der Waals surface area (Å²) in [5.41, 5.74) is -0.430. The fourth-order valence-electron chi connectivity index (χ4n) is 2.65. The average molecular weight is 284 g/mol. The highest BCUT2D eigenvalue weighted by Crippen LogP contribution is 2.34. The Labute approximate surface area is 121 Å². The third kappa shape index (κ3) is 4.94. The van der Waals surface area contributed by atoms with Gasteiger partial charge in [0.05, 0.1) is 6.61 Å². The zero-order valence-corrected chi connectivity index (χ0v) is 13.1. The third-order valence-electron chi connectivity index (χ3n) is 3.85. The van der Waals surface area contributed by atoms with Gasteiger partial charge in [-0.2, -0.15) is 0 Å². The van der Waals surface area contributed by atoms with Crippen LogP contribution >= 0.6 is 0 Å². The maximum absolute atomic E-state index is 11.6. The van der Waals surface area contributed by atoms with Crippen molar-refractivity contribution < 1.29 is 14.3 Å². The van der Waals surface area contributed by atoms with Gasteiger partial charge in [-0.3, -0.25) is 0 Å². The van der Waals surface area contributed by atoms with Crippen molar-refractivity contribution in [3.05, 3.63) is 0 Å². The van der Waals surface area contributed by atoms with E-state index in [0.29, 0.717) is 12.1 Å². The number of hydrogen-bond acceptors (Lipinski definition) is 4. The number of hydrogen-bond donors (Lipinski definition) is 2. The minimum absolute atomic E-state index is 0.241. The van der Waals surface area contributed by atoms with Crippen LogP contribution in [0.3, 0.4) is 0 Å². The first-order valence-corrected chi connectivity index (χ1v) is 7.62. The molecule has 0 aromatic carbocycles. The monoisotopic (exact) mass is 284 g/mol. The van der Waals surface area contributed by atoms with Crippen LogP contribution in [0.5, 0.6) is 0 Å². The summed E-state index contributed by atoms with van der Waals surface area (Å²) in [6, 6.07) is 1.22. The third-order valence-corrected chi connectivity index (χ3v) is 3.85. The summed E-state index contributed by atoms with van der Waals surface area (Å²) in [6.07, 6.45) is 4.27. The molecule has 0 spiro atoms. The van der Waals surface area contributed by atoms with Crippen molar-refractivity contribution in [2.24, 2.45) is 5.92 Å². The Hall–Kier alpha value is -0.810. The van der Waals surface area contributed by atoms with Crippen molar-refractivity contribution in [1.29, 1.82) is 0 Å². The summed E-state index contributed by atoms with van der Waals surface area (Å²) in [6.45, 7) is 6.42. The first-order valence-electron chi connectivity index (χ1n) is 7.62. The zero-order chi connectivity index (χ0) is 14.8. The number of ether oxygens (including phenoxy) is 2. The van der Waals surface area contributed by atoms with E-state index in [4.69, 9.17) is 9.47 Å². The Morgan fingerprint density at radius 2 is 1.90 bits per heavy atom. The van der Waals surface area contributed by atoms with E-state index in [1.54, 1.807) is 7.11 Å². The van der Waals surface area contributed by atoms with E-state index >= 15 is 0 Å². The normalized spacial score (nSPS) is 27.6. The Bertz CT molecular complexity index is 331. The van der Waals surface area contributed by atoms with Crippen LogP contribution in [0.1, 0.15) is 46.5 Å². The second-order valence-electron chi connectivity index (χ2n) is 7.08. The molecule has 5 nitrogen and oxygen atoms in total. The number of nitrogens with one attached hydrogen (secondary N) is 2. The van der Waals surface area contributed by atoms with Gasteiger partial charge in [0.1, 0.15) is 5.60 Å². The lowest BCUT2D eigenvalue weighted by molar-refractivity contribution is 0.0456. The minimum atomic E-state index is -0.430. The molecule has 2 rings (SSSR count). The predicted octanol–water partition coefficient (Wildman–Crippen LogP) is 2.06. The van der Waals surface area contributed by atoms with Gasteiger partial charge >= 0.3 is 6.09 Å². The summed E-state index contributed by atoms with van der Waals surface area (Å²) < 4.78 is 10.5. The van der Waals surface area contributed by atoms with E-state index in [9.17, 15) is 4.79 Å². The number of carbonyl (C=O) groups is 1. The molecular weight excluding hydrogens is 256 g/mol. The molecule has 5 heteroatoms. The van der Waals surface area contributed by atoms with Gasteiger partial charge in [0.25, 0.3) is 0 Å². The zero-order valence-electron chi connectivity index (χ0n) is 13.1. The number of carbonyl (C=O) groups excluding carboxylic acids is 1. The van der Waals surface area contributed by atoms with Crippen molar-refractivity contribution >= 4 is 6.09 Å². The van der Waals surface area contributed by atoms with Crippen LogP contribution in [0.2, 0.25) is 0 Å². The molecule has 0 aromatic heterocycles. The maximum atomic E-state index is 11.6. The quantitative estimate of drug-likeness (QED) is 0.784. The molecule has 1 amide bonds. The topological polar surface area (TPSA) is 59.6 Å². The van der Waals surface area contributed by atoms with Crippen LogP contribution in [0.25, 0.3) is 0 Å². The number of rotatable bonds is 6. The van der Waals surface area contributed by atoms with Crippen molar-refractivity contribution in [3.8, 4) is 0 Å². The van der Waals surface area contributed by atoms with Gasteiger partial charge in [-0.1, -0.05) is 0 Å². The number of alkyl carbamates (subject to hydrolysis) is 1. The summed E-state index contributed by atoms with van der Waals surface area (Å²) in [7, 11) is 1.75. The van der Waals surface area contributed by atoms with Crippen molar-refractivity contribution in [2.45, 2.75) is 70.2 Å². The summed E-state index contributed by atoms with van der Waals surface area (Å²) in [4.78, 5) is 11.6. The maximum Gasteiger partial charge on any atom is 0.407 e. The summed E-state index contributed by atoms with van der Waals surface area (Å²) in [5, 5.41) is 6.57. The second-order valence-corrected chi connectivity index (χ2v) is 7.08. The summed E-state index contributed by atoms with van der Waals surface area (Å²) >= 11 is 0. The standard InChI is InChI=1S/C15H28N2O3/c1-15(2,3)20-14(18)17-12-7-11(8-12)16-13(9-19-4)10-5-6-10/h10-13,16H,5-9H2,1-4H3,(H,17,18). The molecule has 20 heavy (non-hydrogen) atoms. The number of methoxy groups -OCH3 is 1. The first kappa shape index (κ1) is 15.6. The van der Waals surface area contributed by atoms with E-state index < -0.39 is 5.60 Å². The van der Waals surface area contributed by atoms with Crippen molar-refractivity contribution in [1.82, 2.24) is 10.6 Å². The molecule has 0 aliphatic heterocycles. The van der Waals surface area contributed by atoms with Crippen LogP contribution < -0.4 is 10.6 Å². The molecule has 0 bridgehead atoms. The molecule has 2 fully saturated rings. The second kappa shape index (κ2) is 6.31. The highest BCUT2D eigenvalue weighted by Gasteiger charge is 2.37. The smallest absolute Gasteiger partial charge is 0.407 e. The fraction of sp³-hybridized carbons (Fsp3) is 0.933. The Kier molecular flexibility index (Phi) is 4.91. The van der Waals surface area contributed by atoms with E-state index in [2.05, 4.69) is 10.6 Å². The predicted molar refractivity (Wildman–Crippen MR) is 77.7 cm³/mol. The average Bonchev–Trinajstić information content (AvgIpc) is 3.05. The van der Waals surface area contributed by atoms with Gasteiger partial charge < -0.3 is 20.1 Å². The van der Waals surface area contributed by atoms with Gasteiger partial charge in [0, 0.05) is 25.2 Å². The van der Waals surface area contributed by atoms with Gasteiger partial charge in [-0.25, -0.2) is 4.79 Å². The lowest BCUT2D eigenvalue weighted by Crippen LogP contribution is -2.56. The van der Waals surface area contributed by atoms with Crippen LogP contribution in [0, 0.1) is 5.92 Å². The minimum Gasteiger partial charge on any atom is -0.444 e. The Balaban J connectivity index is 1.63. The SMILES string of the molecule is COCC(NC1CC(NC(=O)OC(C)(C)C)C1)C1CC1. The molecule has 116 valence electrons. The van der Waals surface area contributed by atoms with E-state index in [1.165, 1.54) is 12.8 Å². The van der Waals surface area contributed by atoms with Crippen LogP contribution in [-0.4, -0.2) is 43.5 Å². The first-order chi connectivity index (χ1) is 9.37. The molecule has 2 aliphatic carbocycles. The lowest BCUT2D eigenvalue weighted by Gasteiger charge is -2.39. The molecule has 0 aromatic rings. The van der Waals surface area contributed by atoms with Gasteiger partial charge in [0.2, 0.25) is 0 Å². The molecule has 2 aliphatic rings. The van der Waals surface area contributed by atoms with Crippen LogP contribution in [0.15, 0.2) is 0 Å². The van der Waals surface area contributed by atoms with Crippen LogP contribution in [-0.2, 0) is 9.47 Å². The van der Waals surface area contributed by atoms with Crippen molar-refractivity contribution in [3.63, 3.8) is 0 Å². The lowest BCUT2D eigenvalue weighted by atomic mass is 9.86.